The molecular weight excluding hydrogens is 723 g/mol. The van der Waals surface area contributed by atoms with Gasteiger partial charge in [0.2, 0.25) is 0 Å². The van der Waals surface area contributed by atoms with Crippen molar-refractivity contribution in [3.05, 3.63) is 212 Å². The first kappa shape index (κ1) is 32.8. The number of thiophene rings is 1. The van der Waals surface area contributed by atoms with Crippen molar-refractivity contribution in [2.75, 3.05) is 4.90 Å². The minimum atomic E-state index is 1.10. The van der Waals surface area contributed by atoms with E-state index in [1.165, 1.54) is 69.3 Å². The van der Waals surface area contributed by atoms with Crippen molar-refractivity contribution in [1.82, 2.24) is 9.13 Å². The van der Waals surface area contributed by atoms with Gasteiger partial charge in [0, 0.05) is 70.0 Å². The maximum absolute atomic E-state index is 2.45. The van der Waals surface area contributed by atoms with Crippen LogP contribution in [0.1, 0.15) is 0 Å². The lowest BCUT2D eigenvalue weighted by atomic mass is 10.0. The van der Waals surface area contributed by atoms with Gasteiger partial charge in [0.1, 0.15) is 0 Å². The van der Waals surface area contributed by atoms with Gasteiger partial charge in [-0.25, -0.2) is 0 Å². The Balaban J connectivity index is 1.08. The molecule has 0 saturated heterocycles. The SMILES string of the molecule is c1ccc(-n2c3ccccc3c3cccc(-c4cccc(N(c5ccc(-n6c7ccccc7c7ccccc76)cc5)c5cccc6sc7ccccc7c56)c4)c32)cc1. The van der Waals surface area contributed by atoms with E-state index in [0.29, 0.717) is 0 Å². The van der Waals surface area contributed by atoms with E-state index < -0.39 is 0 Å². The average molecular weight is 758 g/mol. The van der Waals surface area contributed by atoms with Crippen molar-refractivity contribution in [1.29, 1.82) is 0 Å². The van der Waals surface area contributed by atoms with E-state index in [1.54, 1.807) is 0 Å². The van der Waals surface area contributed by atoms with Crippen LogP contribution >= 0.6 is 11.3 Å². The number of para-hydroxylation sites is 5. The number of aromatic nitrogens is 2. The van der Waals surface area contributed by atoms with E-state index >= 15 is 0 Å². The lowest BCUT2D eigenvalue weighted by Gasteiger charge is -2.27. The van der Waals surface area contributed by atoms with Crippen molar-refractivity contribution >= 4 is 92.2 Å². The second-order valence-corrected chi connectivity index (χ2v) is 16.0. The number of fused-ring (bicyclic) bond motifs is 9. The highest BCUT2D eigenvalue weighted by Crippen LogP contribution is 2.46. The van der Waals surface area contributed by atoms with Gasteiger partial charge in [0.15, 0.2) is 0 Å². The van der Waals surface area contributed by atoms with Gasteiger partial charge in [-0.1, -0.05) is 127 Å². The predicted octanol–water partition coefficient (Wildman–Crippen LogP) is 15.4. The Hall–Kier alpha value is -7.40. The van der Waals surface area contributed by atoms with E-state index in [9.17, 15) is 0 Å². The zero-order valence-electron chi connectivity index (χ0n) is 31.5. The fourth-order valence-electron chi connectivity index (χ4n) is 9.23. The summed E-state index contributed by atoms with van der Waals surface area (Å²) in [5.41, 5.74) is 12.8. The van der Waals surface area contributed by atoms with E-state index in [2.05, 4.69) is 226 Å². The molecule has 0 atom stereocenters. The molecule has 0 radical (unpaired) electrons. The van der Waals surface area contributed by atoms with Gasteiger partial charge in [-0.15, -0.1) is 11.3 Å². The summed E-state index contributed by atoms with van der Waals surface area (Å²) in [6.45, 7) is 0. The van der Waals surface area contributed by atoms with Crippen LogP contribution in [0.5, 0.6) is 0 Å². The molecule has 12 rings (SSSR count). The minimum absolute atomic E-state index is 1.10. The normalized spacial score (nSPS) is 11.8. The molecule has 3 aromatic heterocycles. The van der Waals surface area contributed by atoms with Gasteiger partial charge in [0.25, 0.3) is 0 Å². The van der Waals surface area contributed by atoms with Gasteiger partial charge >= 0.3 is 0 Å². The van der Waals surface area contributed by atoms with Crippen LogP contribution in [0.3, 0.4) is 0 Å². The largest absolute Gasteiger partial charge is 0.310 e. The van der Waals surface area contributed by atoms with Gasteiger partial charge in [-0.05, 0) is 90.5 Å². The maximum atomic E-state index is 2.45. The molecular formula is C54H35N3S. The van der Waals surface area contributed by atoms with Crippen LogP contribution in [0.25, 0.3) is 86.3 Å². The molecule has 0 aliphatic heterocycles. The highest BCUT2D eigenvalue weighted by atomic mass is 32.1. The van der Waals surface area contributed by atoms with Gasteiger partial charge < -0.3 is 14.0 Å². The molecule has 58 heavy (non-hydrogen) atoms. The molecule has 0 fully saturated rings. The Bertz CT molecular complexity index is 3460. The van der Waals surface area contributed by atoms with E-state index in [1.807, 2.05) is 11.3 Å². The van der Waals surface area contributed by atoms with E-state index in [-0.39, 0.29) is 0 Å². The molecule has 0 spiro atoms. The molecule has 4 heteroatoms. The highest BCUT2D eigenvalue weighted by molar-refractivity contribution is 7.26. The first-order valence-electron chi connectivity index (χ1n) is 19.8. The molecule has 0 unspecified atom stereocenters. The topological polar surface area (TPSA) is 13.1 Å². The molecule has 0 aliphatic carbocycles. The lowest BCUT2D eigenvalue weighted by Crippen LogP contribution is -2.10. The molecule has 0 N–H and O–H groups in total. The smallest absolute Gasteiger partial charge is 0.0619 e. The van der Waals surface area contributed by atoms with Gasteiger partial charge in [-0.3, -0.25) is 0 Å². The third-order valence-electron chi connectivity index (χ3n) is 11.7. The molecule has 272 valence electrons. The summed E-state index contributed by atoms with van der Waals surface area (Å²) < 4.78 is 7.38. The van der Waals surface area contributed by atoms with Crippen LogP contribution < -0.4 is 4.90 Å². The number of benzene rings is 9. The molecule has 0 amide bonds. The average Bonchev–Trinajstić information content (AvgIpc) is 3.96. The first-order valence-corrected chi connectivity index (χ1v) is 20.6. The molecule has 9 aromatic carbocycles. The van der Waals surface area contributed by atoms with Crippen LogP contribution in [0.2, 0.25) is 0 Å². The summed E-state index contributed by atoms with van der Waals surface area (Å²) in [5, 5.41) is 7.57. The van der Waals surface area contributed by atoms with Crippen molar-refractivity contribution in [2.45, 2.75) is 0 Å². The zero-order valence-corrected chi connectivity index (χ0v) is 32.3. The predicted molar refractivity (Wildman–Crippen MR) is 248 cm³/mol. The first-order chi connectivity index (χ1) is 28.8. The van der Waals surface area contributed by atoms with E-state index in [4.69, 9.17) is 0 Å². The third-order valence-corrected chi connectivity index (χ3v) is 12.8. The minimum Gasteiger partial charge on any atom is -0.310 e. The summed E-state index contributed by atoms with van der Waals surface area (Å²) >= 11 is 1.86. The van der Waals surface area contributed by atoms with Crippen LogP contribution in [0.4, 0.5) is 17.1 Å². The summed E-state index contributed by atoms with van der Waals surface area (Å²) in [6.07, 6.45) is 0. The summed E-state index contributed by atoms with van der Waals surface area (Å²) in [7, 11) is 0. The Morgan fingerprint density at radius 2 is 0.914 bits per heavy atom. The van der Waals surface area contributed by atoms with Crippen molar-refractivity contribution in [2.24, 2.45) is 0 Å². The number of hydrogen-bond donors (Lipinski definition) is 0. The summed E-state index contributed by atoms with van der Waals surface area (Å²) in [4.78, 5) is 2.45. The molecule has 12 aromatic rings. The fraction of sp³-hybridized carbons (Fsp3) is 0. The number of nitrogens with zero attached hydrogens (tertiary/aromatic N) is 3. The standard InChI is InChI=1S/C54H35N3S/c1-2-16-37(17-3-1)57-49-27-10-6-21-44(49)45-24-13-23-41(54(45)57)36-15-12-18-40(35-36)55(50-28-14-30-52-53(50)46-22-7-11-29-51(46)58-52)38-31-33-39(34-32-38)56-47-25-8-4-19-42(47)43-20-5-9-26-48(43)56/h1-35H. The van der Waals surface area contributed by atoms with Crippen LogP contribution in [-0.2, 0) is 0 Å². The third kappa shape index (κ3) is 4.99. The maximum Gasteiger partial charge on any atom is 0.0619 e. The van der Waals surface area contributed by atoms with Gasteiger partial charge in [-0.2, -0.15) is 0 Å². The molecule has 0 bridgehead atoms. The summed E-state index contributed by atoms with van der Waals surface area (Å²) in [5.74, 6) is 0. The molecule has 0 saturated carbocycles. The quantitative estimate of drug-likeness (QED) is 0.165. The molecule has 3 heterocycles. The van der Waals surface area contributed by atoms with Crippen LogP contribution in [0, 0.1) is 0 Å². The summed E-state index contributed by atoms with van der Waals surface area (Å²) in [6, 6.07) is 77.4. The molecule has 3 nitrogen and oxygen atoms in total. The highest BCUT2D eigenvalue weighted by Gasteiger charge is 2.21. The Morgan fingerprint density at radius 1 is 0.362 bits per heavy atom. The Kier molecular flexibility index (Phi) is 7.40. The second kappa shape index (κ2) is 13.1. The van der Waals surface area contributed by atoms with Crippen molar-refractivity contribution in [3.8, 4) is 22.5 Å². The fourth-order valence-corrected chi connectivity index (χ4v) is 10.4. The lowest BCUT2D eigenvalue weighted by molar-refractivity contribution is 1.17. The van der Waals surface area contributed by atoms with Crippen molar-refractivity contribution in [3.63, 3.8) is 0 Å². The second-order valence-electron chi connectivity index (χ2n) is 14.9. The monoisotopic (exact) mass is 757 g/mol. The van der Waals surface area contributed by atoms with Crippen LogP contribution in [0.15, 0.2) is 212 Å². The number of rotatable bonds is 6. The van der Waals surface area contributed by atoms with Gasteiger partial charge in [0.05, 0.1) is 27.8 Å². The Labute approximate surface area is 339 Å². The number of hydrogen-bond acceptors (Lipinski definition) is 2. The van der Waals surface area contributed by atoms with Crippen molar-refractivity contribution < 1.29 is 0 Å². The Morgan fingerprint density at radius 3 is 1.66 bits per heavy atom. The zero-order chi connectivity index (χ0) is 38.2. The van der Waals surface area contributed by atoms with Crippen LogP contribution in [-0.4, -0.2) is 9.13 Å². The molecule has 0 aliphatic rings. The number of anilines is 3. The van der Waals surface area contributed by atoms with E-state index in [0.717, 1.165) is 34.0 Å².